The molecular weight excluding hydrogens is 350 g/mol. The summed E-state index contributed by atoms with van der Waals surface area (Å²) in [4.78, 5) is 26.6. The second-order valence-electron chi connectivity index (χ2n) is 7.48. The molecular formula is C23H29N3O2. The number of hydrogen-bond donors (Lipinski definition) is 2. The third kappa shape index (κ3) is 5.84. The molecule has 5 nitrogen and oxygen atoms in total. The van der Waals surface area contributed by atoms with Crippen molar-refractivity contribution in [1.82, 2.24) is 10.2 Å². The standard InChI is InChI=1S/C23H29N3O2/c1-26(17-18-9-4-2-5-10-18)22(27)16-24-21-14-8-11-19(15-21)23(28)25-20-12-6-3-7-13-20/h2,4-5,8-11,14-15,20,24H,3,6-7,12-13,16-17H2,1H3,(H,25,28). The number of nitrogens with one attached hydrogen (secondary N) is 2. The molecule has 1 saturated carbocycles. The van der Waals surface area contributed by atoms with Crippen LogP contribution in [0.15, 0.2) is 54.6 Å². The number of carbonyl (C=O) groups is 2. The van der Waals surface area contributed by atoms with E-state index in [1.54, 1.807) is 11.9 Å². The second kappa shape index (κ2) is 9.93. The maximum absolute atomic E-state index is 12.5. The van der Waals surface area contributed by atoms with Crippen LogP contribution in [0.4, 0.5) is 5.69 Å². The van der Waals surface area contributed by atoms with E-state index in [2.05, 4.69) is 10.6 Å². The van der Waals surface area contributed by atoms with Crippen LogP contribution in [0, 0.1) is 0 Å². The average molecular weight is 380 g/mol. The fourth-order valence-electron chi connectivity index (χ4n) is 3.54. The summed E-state index contributed by atoms with van der Waals surface area (Å²) < 4.78 is 0. The van der Waals surface area contributed by atoms with Crippen molar-refractivity contribution < 1.29 is 9.59 Å². The summed E-state index contributed by atoms with van der Waals surface area (Å²) in [5, 5.41) is 6.27. The molecule has 1 fully saturated rings. The lowest BCUT2D eigenvalue weighted by atomic mass is 9.95. The summed E-state index contributed by atoms with van der Waals surface area (Å²) in [6, 6.07) is 17.5. The van der Waals surface area contributed by atoms with Crippen molar-refractivity contribution in [1.29, 1.82) is 0 Å². The molecule has 0 heterocycles. The zero-order chi connectivity index (χ0) is 19.8. The van der Waals surface area contributed by atoms with Gasteiger partial charge in [0.2, 0.25) is 5.91 Å². The number of rotatable bonds is 7. The highest BCUT2D eigenvalue weighted by molar-refractivity contribution is 5.95. The average Bonchev–Trinajstić information content (AvgIpc) is 2.73. The molecule has 0 radical (unpaired) electrons. The first-order chi connectivity index (χ1) is 13.6. The molecule has 3 rings (SSSR count). The Labute approximate surface area is 167 Å². The van der Waals surface area contributed by atoms with Gasteiger partial charge >= 0.3 is 0 Å². The Morgan fingerprint density at radius 2 is 1.75 bits per heavy atom. The van der Waals surface area contributed by atoms with Crippen molar-refractivity contribution in [2.45, 2.75) is 44.7 Å². The maximum Gasteiger partial charge on any atom is 0.251 e. The Balaban J connectivity index is 1.51. The number of hydrogen-bond acceptors (Lipinski definition) is 3. The van der Waals surface area contributed by atoms with Crippen LogP contribution in [0.3, 0.4) is 0 Å². The largest absolute Gasteiger partial charge is 0.376 e. The van der Waals surface area contributed by atoms with Crippen LogP contribution in [0.2, 0.25) is 0 Å². The van der Waals surface area contributed by atoms with Crippen molar-refractivity contribution >= 4 is 17.5 Å². The van der Waals surface area contributed by atoms with Gasteiger partial charge in [0.25, 0.3) is 5.91 Å². The van der Waals surface area contributed by atoms with Gasteiger partial charge in [-0.1, -0.05) is 55.7 Å². The van der Waals surface area contributed by atoms with Crippen LogP contribution in [0.25, 0.3) is 0 Å². The molecule has 0 aromatic heterocycles. The number of benzene rings is 2. The third-order valence-corrected chi connectivity index (χ3v) is 5.20. The summed E-state index contributed by atoms with van der Waals surface area (Å²) in [5.41, 5.74) is 2.50. The monoisotopic (exact) mass is 379 g/mol. The van der Waals surface area contributed by atoms with Gasteiger partial charge in [-0.05, 0) is 36.6 Å². The Kier molecular flexibility index (Phi) is 7.06. The third-order valence-electron chi connectivity index (χ3n) is 5.20. The number of amides is 2. The van der Waals surface area contributed by atoms with Gasteiger partial charge in [-0.2, -0.15) is 0 Å². The molecule has 2 aromatic rings. The van der Waals surface area contributed by atoms with Gasteiger partial charge < -0.3 is 15.5 Å². The maximum atomic E-state index is 12.5. The number of anilines is 1. The highest BCUT2D eigenvalue weighted by Crippen LogP contribution is 2.18. The molecule has 0 bridgehead atoms. The Morgan fingerprint density at radius 3 is 2.50 bits per heavy atom. The van der Waals surface area contributed by atoms with Gasteiger partial charge in [0.15, 0.2) is 0 Å². The van der Waals surface area contributed by atoms with Crippen LogP contribution in [0.1, 0.15) is 48.0 Å². The first-order valence-corrected chi connectivity index (χ1v) is 10.0. The molecule has 5 heteroatoms. The lowest BCUT2D eigenvalue weighted by Gasteiger charge is -2.23. The first kappa shape index (κ1) is 19.9. The predicted molar refractivity (Wildman–Crippen MR) is 112 cm³/mol. The van der Waals surface area contributed by atoms with Crippen molar-refractivity contribution in [2.24, 2.45) is 0 Å². The zero-order valence-electron chi connectivity index (χ0n) is 16.5. The van der Waals surface area contributed by atoms with Gasteiger partial charge in [-0.25, -0.2) is 0 Å². The summed E-state index contributed by atoms with van der Waals surface area (Å²) >= 11 is 0. The number of likely N-dealkylation sites (N-methyl/N-ethyl adjacent to an activating group) is 1. The summed E-state index contributed by atoms with van der Waals surface area (Å²) in [7, 11) is 1.80. The molecule has 0 atom stereocenters. The molecule has 0 unspecified atom stereocenters. The zero-order valence-corrected chi connectivity index (χ0v) is 16.5. The lowest BCUT2D eigenvalue weighted by molar-refractivity contribution is -0.128. The highest BCUT2D eigenvalue weighted by atomic mass is 16.2. The number of nitrogens with zero attached hydrogens (tertiary/aromatic N) is 1. The van der Waals surface area contributed by atoms with Crippen LogP contribution < -0.4 is 10.6 Å². The Hall–Kier alpha value is -2.82. The van der Waals surface area contributed by atoms with E-state index in [-0.39, 0.29) is 24.4 Å². The molecule has 2 aromatic carbocycles. The van der Waals surface area contributed by atoms with Crippen LogP contribution in [0.5, 0.6) is 0 Å². The molecule has 0 spiro atoms. The molecule has 28 heavy (non-hydrogen) atoms. The molecule has 148 valence electrons. The molecule has 0 saturated heterocycles. The lowest BCUT2D eigenvalue weighted by Crippen LogP contribution is -2.36. The topological polar surface area (TPSA) is 61.4 Å². The van der Waals surface area contributed by atoms with E-state index in [4.69, 9.17) is 0 Å². The minimum atomic E-state index is -0.0388. The van der Waals surface area contributed by atoms with E-state index in [1.165, 1.54) is 19.3 Å². The number of carbonyl (C=O) groups excluding carboxylic acids is 2. The fraction of sp³-hybridized carbons (Fsp3) is 0.391. The van der Waals surface area contributed by atoms with Crippen molar-refractivity contribution in [3.05, 3.63) is 65.7 Å². The quantitative estimate of drug-likeness (QED) is 0.769. The highest BCUT2D eigenvalue weighted by Gasteiger charge is 2.17. The first-order valence-electron chi connectivity index (χ1n) is 10.0. The minimum Gasteiger partial charge on any atom is -0.376 e. The Morgan fingerprint density at radius 1 is 1.00 bits per heavy atom. The van der Waals surface area contributed by atoms with E-state index >= 15 is 0 Å². The van der Waals surface area contributed by atoms with E-state index in [0.717, 1.165) is 24.1 Å². The Bertz CT molecular complexity index is 785. The smallest absolute Gasteiger partial charge is 0.251 e. The van der Waals surface area contributed by atoms with Crippen LogP contribution >= 0.6 is 0 Å². The van der Waals surface area contributed by atoms with Crippen LogP contribution in [-0.2, 0) is 11.3 Å². The molecule has 0 aliphatic heterocycles. The second-order valence-corrected chi connectivity index (χ2v) is 7.48. The van der Waals surface area contributed by atoms with Crippen molar-refractivity contribution in [2.75, 3.05) is 18.9 Å². The van der Waals surface area contributed by atoms with Gasteiger partial charge in [0.1, 0.15) is 0 Å². The molecule has 2 amide bonds. The fourth-order valence-corrected chi connectivity index (χ4v) is 3.54. The van der Waals surface area contributed by atoms with Gasteiger partial charge in [0, 0.05) is 30.9 Å². The van der Waals surface area contributed by atoms with E-state index < -0.39 is 0 Å². The van der Waals surface area contributed by atoms with Crippen LogP contribution in [-0.4, -0.2) is 36.3 Å². The summed E-state index contributed by atoms with van der Waals surface area (Å²) in [5.74, 6) is -0.0380. The van der Waals surface area contributed by atoms with E-state index in [1.807, 2.05) is 54.6 Å². The molecule has 1 aliphatic carbocycles. The molecule has 2 N–H and O–H groups in total. The van der Waals surface area contributed by atoms with Gasteiger partial charge in [-0.15, -0.1) is 0 Å². The SMILES string of the molecule is CN(Cc1ccccc1)C(=O)CNc1cccc(C(=O)NC2CCCCC2)c1. The predicted octanol–water partition coefficient (Wildman–Crippen LogP) is 3.82. The van der Waals surface area contributed by atoms with E-state index in [0.29, 0.717) is 12.1 Å². The van der Waals surface area contributed by atoms with Gasteiger partial charge in [0.05, 0.1) is 6.54 Å². The van der Waals surface area contributed by atoms with Crippen molar-refractivity contribution in [3.63, 3.8) is 0 Å². The summed E-state index contributed by atoms with van der Waals surface area (Å²) in [6.45, 7) is 0.766. The normalized spacial score (nSPS) is 14.3. The van der Waals surface area contributed by atoms with Gasteiger partial charge in [-0.3, -0.25) is 9.59 Å². The van der Waals surface area contributed by atoms with E-state index in [9.17, 15) is 9.59 Å². The summed E-state index contributed by atoms with van der Waals surface area (Å²) in [6.07, 6.45) is 5.76. The minimum absolute atomic E-state index is 0.000846. The van der Waals surface area contributed by atoms with Crippen molar-refractivity contribution in [3.8, 4) is 0 Å². The molecule has 1 aliphatic rings.